The first-order valence-electron chi connectivity index (χ1n) is 10.4. The minimum atomic E-state index is -4.22. The molecule has 0 N–H and O–H groups in total. The van der Waals surface area contributed by atoms with E-state index in [0.717, 1.165) is 19.3 Å². The van der Waals surface area contributed by atoms with Crippen molar-refractivity contribution in [3.05, 3.63) is 72.8 Å². The van der Waals surface area contributed by atoms with Crippen molar-refractivity contribution in [3.8, 4) is 0 Å². The van der Waals surface area contributed by atoms with Crippen LogP contribution in [0.25, 0.3) is 0 Å². The van der Waals surface area contributed by atoms with Crippen molar-refractivity contribution in [2.45, 2.75) is 61.7 Å². The van der Waals surface area contributed by atoms with Crippen molar-refractivity contribution in [2.24, 2.45) is 0 Å². The molecular weight excluding hydrogens is 418 g/mol. The van der Waals surface area contributed by atoms with E-state index in [-0.39, 0.29) is 16.3 Å². The molecule has 2 aromatic carbocycles. The summed E-state index contributed by atoms with van der Waals surface area (Å²) in [5.74, 6) is 0. The molecule has 0 unspecified atom stereocenters. The lowest BCUT2D eigenvalue weighted by molar-refractivity contribution is 0.513. The van der Waals surface area contributed by atoms with E-state index in [1.54, 1.807) is 42.5 Å². The van der Waals surface area contributed by atoms with Crippen LogP contribution < -0.4 is 0 Å². The molecule has 2 rings (SSSR count). The van der Waals surface area contributed by atoms with E-state index in [9.17, 15) is 16.8 Å². The van der Waals surface area contributed by atoms with E-state index >= 15 is 0 Å². The number of nitrogens with zero attached hydrogens (tertiary/aromatic N) is 1. The Morgan fingerprint density at radius 1 is 0.667 bits per heavy atom. The molecule has 0 saturated carbocycles. The smallest absolute Gasteiger partial charge is 0.206 e. The Bertz CT molecular complexity index is 917. The van der Waals surface area contributed by atoms with E-state index in [4.69, 9.17) is 0 Å². The van der Waals surface area contributed by atoms with Crippen LogP contribution >= 0.6 is 0 Å². The maximum atomic E-state index is 13.1. The highest BCUT2D eigenvalue weighted by Gasteiger charge is 2.35. The summed E-state index contributed by atoms with van der Waals surface area (Å²) in [6.07, 6.45) is 11.3. The fourth-order valence-corrected chi connectivity index (χ4v) is 6.65. The summed E-state index contributed by atoms with van der Waals surface area (Å²) < 4.78 is 53.1. The van der Waals surface area contributed by atoms with Gasteiger partial charge in [0.2, 0.25) is 0 Å². The van der Waals surface area contributed by atoms with E-state index < -0.39 is 20.0 Å². The molecule has 0 saturated heterocycles. The van der Waals surface area contributed by atoms with Crippen LogP contribution in [-0.2, 0) is 20.0 Å². The van der Waals surface area contributed by atoms with Gasteiger partial charge in [0.05, 0.1) is 9.79 Å². The van der Waals surface area contributed by atoms with Crippen LogP contribution in [-0.4, -0.2) is 27.1 Å². The van der Waals surface area contributed by atoms with Gasteiger partial charge in [-0.15, -0.1) is 0 Å². The molecule has 0 aliphatic carbocycles. The lowest BCUT2D eigenvalue weighted by Gasteiger charge is -2.21. The first kappa shape index (κ1) is 24.3. The van der Waals surface area contributed by atoms with E-state index in [2.05, 4.69) is 6.92 Å². The highest BCUT2D eigenvalue weighted by Crippen LogP contribution is 2.24. The quantitative estimate of drug-likeness (QED) is 0.304. The number of hydrogen-bond donors (Lipinski definition) is 0. The van der Waals surface area contributed by atoms with E-state index in [0.29, 0.717) is 3.71 Å². The average molecular weight is 450 g/mol. The van der Waals surface area contributed by atoms with Gasteiger partial charge in [-0.2, -0.15) is 0 Å². The third kappa shape index (κ3) is 6.79. The maximum absolute atomic E-state index is 13.1. The fraction of sp³-hybridized carbons (Fsp3) is 0.391. The largest absolute Gasteiger partial charge is 0.256 e. The Morgan fingerprint density at radius 2 is 1.13 bits per heavy atom. The van der Waals surface area contributed by atoms with Crippen LogP contribution in [0.3, 0.4) is 0 Å². The minimum absolute atomic E-state index is 0.0474. The van der Waals surface area contributed by atoms with Gasteiger partial charge in [0, 0.05) is 6.54 Å². The first-order valence-corrected chi connectivity index (χ1v) is 13.3. The van der Waals surface area contributed by atoms with Crippen LogP contribution in [0.1, 0.15) is 51.9 Å². The molecule has 0 heterocycles. The second-order valence-electron chi connectivity index (χ2n) is 7.12. The van der Waals surface area contributed by atoms with Gasteiger partial charge in [-0.25, -0.2) is 16.8 Å². The third-order valence-electron chi connectivity index (χ3n) is 4.76. The van der Waals surface area contributed by atoms with Crippen LogP contribution in [0, 0.1) is 0 Å². The molecule has 0 atom stereocenters. The number of rotatable bonds is 13. The molecule has 0 spiro atoms. The molecule has 7 heteroatoms. The number of sulfonamides is 2. The van der Waals surface area contributed by atoms with Crippen LogP contribution in [0.15, 0.2) is 82.6 Å². The van der Waals surface area contributed by atoms with Crippen molar-refractivity contribution in [1.82, 2.24) is 3.71 Å². The summed E-state index contributed by atoms with van der Waals surface area (Å²) in [7, 11) is -8.44. The normalized spacial score (nSPS) is 12.6. The summed E-state index contributed by atoms with van der Waals surface area (Å²) in [5.41, 5.74) is 0. The summed E-state index contributed by atoms with van der Waals surface area (Å²) in [4.78, 5) is -0.0948. The minimum Gasteiger partial charge on any atom is -0.206 e. The molecule has 0 aliphatic rings. The summed E-state index contributed by atoms with van der Waals surface area (Å²) in [5, 5.41) is 0. The topological polar surface area (TPSA) is 71.5 Å². The summed E-state index contributed by atoms with van der Waals surface area (Å²) >= 11 is 0. The second-order valence-corrected chi connectivity index (χ2v) is 11.1. The number of benzene rings is 2. The first-order chi connectivity index (χ1) is 14.4. The second kappa shape index (κ2) is 12.0. The van der Waals surface area contributed by atoms with Gasteiger partial charge in [0.1, 0.15) is 0 Å². The lowest BCUT2D eigenvalue weighted by Crippen LogP contribution is -2.37. The van der Waals surface area contributed by atoms with Gasteiger partial charge in [0.15, 0.2) is 0 Å². The van der Waals surface area contributed by atoms with Gasteiger partial charge < -0.3 is 0 Å². The monoisotopic (exact) mass is 449 g/mol. The SMILES string of the molecule is CCCCCCCC/C=C/CN(S(=O)(=O)c1ccccc1)S(=O)(=O)c1ccccc1. The maximum Gasteiger partial charge on any atom is 0.256 e. The van der Waals surface area contributed by atoms with Crippen LogP contribution in [0.5, 0.6) is 0 Å². The fourth-order valence-electron chi connectivity index (χ4n) is 3.07. The highest BCUT2D eigenvalue weighted by molar-refractivity contribution is 8.04. The van der Waals surface area contributed by atoms with Gasteiger partial charge in [-0.1, -0.05) is 91.3 Å². The summed E-state index contributed by atoms with van der Waals surface area (Å²) in [6, 6.07) is 15.3. The Labute approximate surface area is 181 Å². The van der Waals surface area contributed by atoms with Gasteiger partial charge in [-0.3, -0.25) is 0 Å². The molecule has 0 bridgehead atoms. The molecule has 164 valence electrons. The third-order valence-corrected chi connectivity index (χ3v) is 9.05. The van der Waals surface area contributed by atoms with Gasteiger partial charge in [-0.05, 0) is 37.1 Å². The van der Waals surface area contributed by atoms with Crippen LogP contribution in [0.2, 0.25) is 0 Å². The zero-order valence-corrected chi connectivity index (χ0v) is 19.1. The molecule has 0 radical (unpaired) electrons. The van der Waals surface area contributed by atoms with Gasteiger partial charge >= 0.3 is 0 Å². The lowest BCUT2D eigenvalue weighted by atomic mass is 10.1. The van der Waals surface area contributed by atoms with Gasteiger partial charge in [0.25, 0.3) is 20.0 Å². The predicted octanol–water partition coefficient (Wildman–Crippen LogP) is 5.37. The van der Waals surface area contributed by atoms with Crippen molar-refractivity contribution >= 4 is 20.0 Å². The molecule has 0 aromatic heterocycles. The van der Waals surface area contributed by atoms with E-state index in [1.807, 2.05) is 6.08 Å². The highest BCUT2D eigenvalue weighted by atomic mass is 32.3. The Balaban J connectivity index is 2.16. The zero-order chi connectivity index (χ0) is 21.9. The molecular formula is C23H31NO4S2. The van der Waals surface area contributed by atoms with E-state index in [1.165, 1.54) is 49.9 Å². The molecule has 5 nitrogen and oxygen atoms in total. The zero-order valence-electron chi connectivity index (χ0n) is 17.5. The molecule has 0 amide bonds. The Morgan fingerprint density at radius 3 is 1.63 bits per heavy atom. The number of hydrogen-bond acceptors (Lipinski definition) is 4. The van der Waals surface area contributed by atoms with Crippen molar-refractivity contribution < 1.29 is 16.8 Å². The molecule has 30 heavy (non-hydrogen) atoms. The number of allylic oxidation sites excluding steroid dienone is 1. The molecule has 2 aromatic rings. The molecule has 0 aliphatic heterocycles. The van der Waals surface area contributed by atoms with Crippen molar-refractivity contribution in [2.75, 3.05) is 6.54 Å². The Kier molecular flexibility index (Phi) is 9.75. The summed E-state index contributed by atoms with van der Waals surface area (Å²) in [6.45, 7) is 1.95. The number of unbranched alkanes of at least 4 members (excludes halogenated alkanes) is 6. The predicted molar refractivity (Wildman–Crippen MR) is 121 cm³/mol. The Hall–Kier alpha value is -1.96. The van der Waals surface area contributed by atoms with Crippen LogP contribution in [0.4, 0.5) is 0 Å². The average Bonchev–Trinajstić information content (AvgIpc) is 2.76. The molecule has 0 fully saturated rings. The van der Waals surface area contributed by atoms with Crippen molar-refractivity contribution in [3.63, 3.8) is 0 Å². The standard InChI is InChI=1S/C23H31NO4S2/c1-2-3-4-5-6-7-8-9-16-21-24(29(25,26)22-17-12-10-13-18-22)30(27,28)23-19-14-11-15-20-23/h9-20H,2-8,21H2,1H3/b16-9+. The van der Waals surface area contributed by atoms with Crippen molar-refractivity contribution in [1.29, 1.82) is 0 Å².